The highest BCUT2D eigenvalue weighted by atomic mass is 32.2. The minimum Gasteiger partial charge on any atom is -0.496 e. The van der Waals surface area contributed by atoms with Gasteiger partial charge in [0.1, 0.15) is 16.5 Å². The first-order chi connectivity index (χ1) is 15.5. The second-order valence-electron chi connectivity index (χ2n) is 7.00. The molecule has 2 aromatic heterocycles. The fraction of sp³-hybridized carbons (Fsp3) is 0.143. The van der Waals surface area contributed by atoms with Crippen LogP contribution in [0.1, 0.15) is 5.69 Å². The number of alkyl halides is 3. The molecule has 0 aliphatic rings. The molecule has 2 aromatic carbocycles. The van der Waals surface area contributed by atoms with Crippen LogP contribution in [0, 0.1) is 5.82 Å². The van der Waals surface area contributed by atoms with Gasteiger partial charge in [-0.15, -0.1) is 11.3 Å². The summed E-state index contributed by atoms with van der Waals surface area (Å²) in [4.78, 5) is 3.65. The van der Waals surface area contributed by atoms with Crippen LogP contribution in [0.5, 0.6) is 5.75 Å². The maximum atomic E-state index is 14.5. The van der Waals surface area contributed by atoms with Gasteiger partial charge in [-0.3, -0.25) is 0 Å². The minimum absolute atomic E-state index is 0.0111. The molecular weight excluding hydrogens is 482 g/mol. The molecule has 2 heterocycles. The number of hydrogen-bond acceptors (Lipinski definition) is 6. The molecule has 0 spiro atoms. The molecule has 0 radical (unpaired) electrons. The van der Waals surface area contributed by atoms with Crippen molar-refractivity contribution in [1.29, 1.82) is 0 Å². The summed E-state index contributed by atoms with van der Waals surface area (Å²) in [5, 5.41) is 5.41. The Morgan fingerprint density at radius 1 is 1.09 bits per heavy atom. The lowest BCUT2D eigenvalue weighted by molar-refractivity contribution is -0.141. The molecule has 172 valence electrons. The summed E-state index contributed by atoms with van der Waals surface area (Å²) < 4.78 is 84.5. The van der Waals surface area contributed by atoms with Crippen LogP contribution in [0.15, 0.2) is 58.3 Å². The molecule has 0 atom stereocenters. The third-order valence-corrected chi connectivity index (χ3v) is 6.48. The summed E-state index contributed by atoms with van der Waals surface area (Å²) in [7, 11) is -2.43. The summed E-state index contributed by atoms with van der Waals surface area (Å²) in [6, 6.07) is 8.60. The van der Waals surface area contributed by atoms with Gasteiger partial charge in [-0.2, -0.15) is 18.3 Å². The second-order valence-corrected chi connectivity index (χ2v) is 9.70. The van der Waals surface area contributed by atoms with Crippen LogP contribution in [0.3, 0.4) is 0 Å². The third kappa shape index (κ3) is 4.48. The fourth-order valence-electron chi connectivity index (χ4n) is 3.25. The molecule has 6 nitrogen and oxygen atoms in total. The Morgan fingerprint density at radius 2 is 1.85 bits per heavy atom. The Bertz CT molecular complexity index is 1430. The summed E-state index contributed by atoms with van der Waals surface area (Å²) in [6.45, 7) is 0. The summed E-state index contributed by atoms with van der Waals surface area (Å²) in [5.41, 5.74) is 2.00. The lowest BCUT2D eigenvalue weighted by atomic mass is 10.1. The van der Waals surface area contributed by atoms with Gasteiger partial charge in [0.15, 0.2) is 15.5 Å². The van der Waals surface area contributed by atoms with Gasteiger partial charge >= 0.3 is 6.18 Å². The van der Waals surface area contributed by atoms with Crippen LogP contribution in [0.25, 0.3) is 28.2 Å². The van der Waals surface area contributed by atoms with E-state index in [1.165, 1.54) is 30.6 Å². The Morgan fingerprint density at radius 3 is 2.42 bits per heavy atom. The van der Waals surface area contributed by atoms with Crippen molar-refractivity contribution in [1.82, 2.24) is 14.8 Å². The number of sulfone groups is 1. The van der Waals surface area contributed by atoms with E-state index < -0.39 is 32.4 Å². The van der Waals surface area contributed by atoms with Gasteiger partial charge in [0.2, 0.25) is 0 Å². The van der Waals surface area contributed by atoms with E-state index >= 15 is 0 Å². The molecule has 0 saturated heterocycles. The zero-order chi connectivity index (χ0) is 24.0. The zero-order valence-corrected chi connectivity index (χ0v) is 18.7. The molecule has 0 bridgehead atoms. The first-order valence-electron chi connectivity index (χ1n) is 9.23. The number of halogens is 4. The highest BCUT2D eigenvalue weighted by molar-refractivity contribution is 7.90. The van der Waals surface area contributed by atoms with Crippen molar-refractivity contribution >= 4 is 21.2 Å². The monoisotopic (exact) mass is 497 g/mol. The van der Waals surface area contributed by atoms with Crippen LogP contribution in [-0.2, 0) is 16.0 Å². The Labute approximate surface area is 190 Å². The first-order valence-corrected chi connectivity index (χ1v) is 12.1. The molecular formula is C21H15F4N3O3S2. The van der Waals surface area contributed by atoms with E-state index in [4.69, 9.17) is 4.74 Å². The maximum absolute atomic E-state index is 14.5. The van der Waals surface area contributed by atoms with Gasteiger partial charge in [-0.05, 0) is 30.3 Å². The lowest BCUT2D eigenvalue weighted by Crippen LogP contribution is -2.08. The first kappa shape index (κ1) is 22.9. The molecule has 33 heavy (non-hydrogen) atoms. The lowest BCUT2D eigenvalue weighted by Gasteiger charge is -2.12. The van der Waals surface area contributed by atoms with Gasteiger partial charge in [0.25, 0.3) is 0 Å². The highest BCUT2D eigenvalue weighted by Crippen LogP contribution is 2.37. The van der Waals surface area contributed by atoms with E-state index in [2.05, 4.69) is 10.1 Å². The SMILES string of the molecule is COc1cc(-c2cc(C(F)(F)F)nn2-c2ccc(S(C)(=O)=O)c(F)c2)ccc1-c1cscn1. The van der Waals surface area contributed by atoms with Crippen LogP contribution < -0.4 is 4.74 Å². The summed E-state index contributed by atoms with van der Waals surface area (Å²) in [6.07, 6.45) is -3.92. The van der Waals surface area contributed by atoms with Gasteiger partial charge < -0.3 is 4.74 Å². The van der Waals surface area contributed by atoms with Crippen molar-refractivity contribution in [3.05, 3.63) is 64.9 Å². The van der Waals surface area contributed by atoms with Gasteiger partial charge in [0, 0.05) is 28.8 Å². The van der Waals surface area contributed by atoms with E-state index in [-0.39, 0.29) is 11.4 Å². The van der Waals surface area contributed by atoms with Crippen molar-refractivity contribution < 1.29 is 30.7 Å². The normalized spacial score (nSPS) is 12.2. The van der Waals surface area contributed by atoms with Crippen LogP contribution in [0.2, 0.25) is 0 Å². The molecule has 4 aromatic rings. The quantitative estimate of drug-likeness (QED) is 0.353. The number of benzene rings is 2. The predicted octanol–water partition coefficient (Wildman–Crippen LogP) is 5.23. The van der Waals surface area contributed by atoms with E-state index in [9.17, 15) is 26.0 Å². The van der Waals surface area contributed by atoms with E-state index in [1.807, 2.05) is 0 Å². The number of ether oxygens (including phenoxy) is 1. The minimum atomic E-state index is -4.75. The summed E-state index contributed by atoms with van der Waals surface area (Å²) >= 11 is 1.38. The van der Waals surface area contributed by atoms with Crippen molar-refractivity contribution in [3.8, 4) is 34.0 Å². The molecule has 4 rings (SSSR count). The summed E-state index contributed by atoms with van der Waals surface area (Å²) in [5.74, 6) is -0.722. The molecule has 0 saturated carbocycles. The largest absolute Gasteiger partial charge is 0.496 e. The van der Waals surface area contributed by atoms with Crippen LogP contribution in [-0.4, -0.2) is 36.5 Å². The number of methoxy groups -OCH3 is 1. The van der Waals surface area contributed by atoms with Crippen LogP contribution >= 0.6 is 11.3 Å². The van der Waals surface area contributed by atoms with E-state index in [0.717, 1.165) is 29.1 Å². The number of rotatable bonds is 5. The average Bonchev–Trinajstić information content (AvgIpc) is 3.42. The number of thiazole rings is 1. The molecule has 0 aliphatic heterocycles. The molecule has 0 aliphatic carbocycles. The smallest absolute Gasteiger partial charge is 0.435 e. The Kier molecular flexibility index (Phi) is 5.74. The van der Waals surface area contributed by atoms with Gasteiger partial charge in [-0.1, -0.05) is 6.07 Å². The molecule has 0 fully saturated rings. The van der Waals surface area contributed by atoms with E-state index in [1.54, 1.807) is 23.0 Å². The number of nitrogens with zero attached hydrogens (tertiary/aromatic N) is 3. The van der Waals surface area contributed by atoms with E-state index in [0.29, 0.717) is 22.6 Å². The molecule has 0 amide bonds. The van der Waals surface area contributed by atoms with Crippen molar-refractivity contribution in [2.24, 2.45) is 0 Å². The topological polar surface area (TPSA) is 74.1 Å². The maximum Gasteiger partial charge on any atom is 0.435 e. The van der Waals surface area contributed by atoms with Crippen molar-refractivity contribution in [3.63, 3.8) is 0 Å². The van der Waals surface area contributed by atoms with Gasteiger partial charge in [0.05, 0.1) is 29.7 Å². The zero-order valence-electron chi connectivity index (χ0n) is 17.1. The second kappa shape index (κ2) is 8.27. The number of aromatic nitrogens is 3. The Hall–Kier alpha value is -3.25. The fourth-order valence-corrected chi connectivity index (χ4v) is 4.53. The standard InChI is InChI=1S/C21H15F4N3O3S2/c1-31-18-7-12(3-5-14(18)16-10-32-11-26-16)17-9-20(21(23,24)25)27-28(17)13-4-6-19(15(22)8-13)33(2,29)30/h3-11H,1-2H3. The predicted molar refractivity (Wildman–Crippen MR) is 115 cm³/mol. The molecule has 12 heteroatoms. The molecule has 0 unspecified atom stereocenters. The number of hydrogen-bond donors (Lipinski definition) is 0. The average molecular weight is 497 g/mol. The molecule has 0 N–H and O–H groups in total. The Balaban J connectivity index is 1.90. The van der Waals surface area contributed by atoms with Crippen molar-refractivity contribution in [2.45, 2.75) is 11.1 Å². The van der Waals surface area contributed by atoms with Gasteiger partial charge in [-0.25, -0.2) is 22.5 Å². The van der Waals surface area contributed by atoms with Crippen molar-refractivity contribution in [2.75, 3.05) is 13.4 Å². The third-order valence-electron chi connectivity index (χ3n) is 4.76. The van der Waals surface area contributed by atoms with Crippen LogP contribution in [0.4, 0.5) is 17.6 Å². The highest BCUT2D eigenvalue weighted by Gasteiger charge is 2.35.